The highest BCUT2D eigenvalue weighted by atomic mass is 35.5. The number of nitriles is 1. The first-order chi connectivity index (χ1) is 26.8. The molecule has 3 aliphatic rings. The summed E-state index contributed by atoms with van der Waals surface area (Å²) in [7, 11) is 0. The van der Waals surface area contributed by atoms with Crippen molar-refractivity contribution < 1.29 is 38.0 Å². The number of carboxylic acid groups (broad SMARTS) is 1. The maximum Gasteiger partial charge on any atom is 0.323 e. The third kappa shape index (κ3) is 8.61. The summed E-state index contributed by atoms with van der Waals surface area (Å²) in [5.74, 6) is -2.07. The minimum Gasteiger partial charge on any atom is -0.493 e. The summed E-state index contributed by atoms with van der Waals surface area (Å²) in [6, 6.07) is 18.2. The standard InChI is InChI=1S/C43H45ClF2N4O6/c1-26-31(6-4-9-36(26)54-13-5-12-50-24-42(25-50)22-43(45,46)23-42)32-7-3-8-34-33(32)10-11-37(34)56-39-16-38(55-21-29-14-28(17-47)18-48-19-29)30(15-35(39)44)20-49-40(27(2)51)41(52)53/h3-4,6-9,14-16,18-19,27,37,40,49,51H,5,10-13,20-25H2,1-2H3,(H,52,53)/t27-,37+,40+/m1/s1. The molecule has 0 radical (unpaired) electrons. The molecular weight excluding hydrogens is 742 g/mol. The Morgan fingerprint density at radius 1 is 1.09 bits per heavy atom. The first-order valence-corrected chi connectivity index (χ1v) is 19.3. The van der Waals surface area contributed by atoms with E-state index < -0.39 is 24.0 Å². The minimum atomic E-state index is -2.48. The number of aliphatic hydroxyl groups excluding tert-OH is 1. The van der Waals surface area contributed by atoms with Gasteiger partial charge in [0.2, 0.25) is 5.92 Å². The number of benzene rings is 3. The summed E-state index contributed by atoms with van der Waals surface area (Å²) in [6.07, 6.45) is 3.98. The van der Waals surface area contributed by atoms with Gasteiger partial charge in [-0.2, -0.15) is 5.26 Å². The van der Waals surface area contributed by atoms with Gasteiger partial charge in [-0.15, -0.1) is 0 Å². The quantitative estimate of drug-likeness (QED) is 0.0972. The molecule has 1 spiro atoms. The lowest BCUT2D eigenvalue weighted by molar-refractivity contribution is -0.213. The van der Waals surface area contributed by atoms with Crippen LogP contribution in [0.15, 0.2) is 67.0 Å². The van der Waals surface area contributed by atoms with Gasteiger partial charge in [-0.05, 0) is 79.1 Å². The van der Waals surface area contributed by atoms with E-state index in [2.05, 4.69) is 46.4 Å². The summed E-state index contributed by atoms with van der Waals surface area (Å²) in [5, 5.41) is 32.1. The molecular formula is C43H45ClF2N4O6. The lowest BCUT2D eigenvalue weighted by Gasteiger charge is -2.58. The van der Waals surface area contributed by atoms with Crippen LogP contribution in [0, 0.1) is 23.7 Å². The van der Waals surface area contributed by atoms with E-state index in [1.807, 2.05) is 18.2 Å². The average molecular weight is 787 g/mol. The fourth-order valence-electron chi connectivity index (χ4n) is 8.42. The van der Waals surface area contributed by atoms with Crippen molar-refractivity contribution in [2.24, 2.45) is 5.41 Å². The van der Waals surface area contributed by atoms with Crippen LogP contribution in [-0.2, 0) is 24.4 Å². The zero-order valence-electron chi connectivity index (χ0n) is 31.4. The second-order valence-corrected chi connectivity index (χ2v) is 15.8. The third-order valence-electron chi connectivity index (χ3n) is 11.0. The molecule has 13 heteroatoms. The van der Waals surface area contributed by atoms with Crippen molar-refractivity contribution >= 4 is 17.6 Å². The first-order valence-electron chi connectivity index (χ1n) is 18.9. The Kier molecular flexibility index (Phi) is 11.5. The molecule has 3 atom stereocenters. The van der Waals surface area contributed by atoms with Crippen molar-refractivity contribution in [1.29, 1.82) is 5.26 Å². The fraction of sp³-hybridized carbons (Fsp3) is 0.419. The third-order valence-corrected chi connectivity index (χ3v) is 11.3. The summed E-state index contributed by atoms with van der Waals surface area (Å²) in [6.45, 7) is 6.45. The lowest BCUT2D eigenvalue weighted by Crippen LogP contribution is -2.65. The number of halogens is 3. The highest BCUT2D eigenvalue weighted by Crippen LogP contribution is 2.56. The average Bonchev–Trinajstić information content (AvgIpc) is 3.55. The van der Waals surface area contributed by atoms with Gasteiger partial charge in [0.15, 0.2) is 0 Å². The molecule has 56 heavy (non-hydrogen) atoms. The number of ether oxygens (including phenoxy) is 3. The highest BCUT2D eigenvalue weighted by molar-refractivity contribution is 6.32. The number of fused-ring (bicyclic) bond motifs is 1. The van der Waals surface area contributed by atoms with Gasteiger partial charge in [-0.1, -0.05) is 41.9 Å². The Morgan fingerprint density at radius 3 is 2.59 bits per heavy atom. The number of aliphatic carboxylic acids is 1. The van der Waals surface area contributed by atoms with E-state index in [1.165, 1.54) is 18.7 Å². The largest absolute Gasteiger partial charge is 0.493 e. The van der Waals surface area contributed by atoms with Crippen LogP contribution in [0.5, 0.6) is 17.2 Å². The van der Waals surface area contributed by atoms with Crippen molar-refractivity contribution in [3.8, 4) is 34.4 Å². The number of pyridine rings is 1. The Hall–Kier alpha value is -4.80. The van der Waals surface area contributed by atoms with Crippen LogP contribution in [0.4, 0.5) is 8.78 Å². The van der Waals surface area contributed by atoms with Crippen molar-refractivity contribution in [2.75, 3.05) is 26.2 Å². The van der Waals surface area contributed by atoms with E-state index >= 15 is 0 Å². The van der Waals surface area contributed by atoms with Crippen LogP contribution in [0.1, 0.15) is 72.1 Å². The molecule has 0 bridgehead atoms. The molecule has 7 rings (SSSR count). The zero-order chi connectivity index (χ0) is 39.6. The van der Waals surface area contributed by atoms with Gasteiger partial charge < -0.3 is 29.3 Å². The van der Waals surface area contributed by atoms with Crippen LogP contribution >= 0.6 is 11.6 Å². The molecule has 2 fully saturated rings. The second-order valence-electron chi connectivity index (χ2n) is 15.4. The molecule has 1 aromatic heterocycles. The number of alkyl halides is 2. The van der Waals surface area contributed by atoms with Crippen LogP contribution < -0.4 is 19.5 Å². The van der Waals surface area contributed by atoms with Gasteiger partial charge in [0.05, 0.1) is 23.3 Å². The number of carboxylic acids is 1. The molecule has 3 aromatic carbocycles. The monoisotopic (exact) mass is 786 g/mol. The van der Waals surface area contributed by atoms with Crippen molar-refractivity contribution in [2.45, 2.75) is 83.3 Å². The van der Waals surface area contributed by atoms with E-state index in [0.717, 1.165) is 60.5 Å². The number of carbonyl (C=O) groups is 1. The van der Waals surface area contributed by atoms with Crippen LogP contribution in [0.3, 0.4) is 0 Å². The smallest absolute Gasteiger partial charge is 0.323 e. The van der Waals surface area contributed by atoms with E-state index in [1.54, 1.807) is 24.4 Å². The molecule has 1 saturated carbocycles. The maximum absolute atomic E-state index is 13.4. The minimum absolute atomic E-state index is 0.0214. The number of rotatable bonds is 16. The molecule has 1 aliphatic heterocycles. The number of likely N-dealkylation sites (tertiary alicyclic amines) is 1. The topological polar surface area (TPSA) is 137 Å². The number of aromatic nitrogens is 1. The Bertz CT molecular complexity index is 2130. The van der Waals surface area contributed by atoms with E-state index in [4.69, 9.17) is 25.8 Å². The Balaban J connectivity index is 1.05. The van der Waals surface area contributed by atoms with Crippen molar-refractivity contribution in [3.05, 3.63) is 105 Å². The number of hydrogen-bond donors (Lipinski definition) is 3. The van der Waals surface area contributed by atoms with Gasteiger partial charge in [0.25, 0.3) is 0 Å². The van der Waals surface area contributed by atoms with Gasteiger partial charge >= 0.3 is 5.97 Å². The number of nitrogens with zero attached hydrogens (tertiary/aromatic N) is 3. The molecule has 3 N–H and O–H groups in total. The van der Waals surface area contributed by atoms with Crippen molar-refractivity contribution in [3.63, 3.8) is 0 Å². The first kappa shape index (κ1) is 39.4. The summed E-state index contributed by atoms with van der Waals surface area (Å²) >= 11 is 6.82. The fourth-order valence-corrected chi connectivity index (χ4v) is 8.65. The normalized spacial score (nSPS) is 18.9. The molecule has 2 heterocycles. The van der Waals surface area contributed by atoms with Gasteiger partial charge in [0, 0.05) is 74.0 Å². The number of aliphatic hydroxyl groups is 1. The summed E-state index contributed by atoms with van der Waals surface area (Å²) in [4.78, 5) is 18.1. The molecule has 0 amide bonds. The lowest BCUT2D eigenvalue weighted by atomic mass is 9.61. The van der Waals surface area contributed by atoms with Gasteiger partial charge in [-0.25, -0.2) is 8.78 Å². The Morgan fingerprint density at radius 2 is 1.86 bits per heavy atom. The molecule has 294 valence electrons. The van der Waals surface area contributed by atoms with Crippen LogP contribution in [0.2, 0.25) is 5.02 Å². The number of hydrogen-bond acceptors (Lipinski definition) is 9. The van der Waals surface area contributed by atoms with Crippen LogP contribution in [0.25, 0.3) is 11.1 Å². The zero-order valence-corrected chi connectivity index (χ0v) is 32.1. The van der Waals surface area contributed by atoms with Crippen molar-refractivity contribution in [1.82, 2.24) is 15.2 Å². The predicted molar refractivity (Wildman–Crippen MR) is 206 cm³/mol. The molecule has 1 saturated heterocycles. The van der Waals surface area contributed by atoms with Crippen LogP contribution in [-0.4, -0.2) is 70.4 Å². The highest BCUT2D eigenvalue weighted by Gasteiger charge is 2.61. The maximum atomic E-state index is 13.4. The van der Waals surface area contributed by atoms with E-state index in [9.17, 15) is 29.1 Å². The number of nitrogens with one attached hydrogen (secondary N) is 1. The molecule has 4 aromatic rings. The molecule has 10 nitrogen and oxygen atoms in total. The summed E-state index contributed by atoms with van der Waals surface area (Å²) < 4.78 is 45.8. The SMILES string of the molecule is Cc1c(OCCCN2CC3(C2)CC(F)(F)C3)cccc1-c1cccc2c1CC[C@@H]2Oc1cc(OCc2cncc(C#N)c2)c(CN[C@H](C(=O)O)[C@@H](C)O)cc1Cl. The van der Waals surface area contributed by atoms with E-state index in [0.29, 0.717) is 46.2 Å². The summed E-state index contributed by atoms with van der Waals surface area (Å²) in [5.41, 5.74) is 6.90. The molecule has 0 unspecified atom stereocenters. The Labute approximate surface area is 330 Å². The predicted octanol–water partition coefficient (Wildman–Crippen LogP) is 7.65. The van der Waals surface area contributed by atoms with Gasteiger partial charge in [-0.3, -0.25) is 15.1 Å². The van der Waals surface area contributed by atoms with Gasteiger partial charge in [0.1, 0.15) is 42.1 Å². The second kappa shape index (κ2) is 16.4. The molecule has 2 aliphatic carbocycles. The van der Waals surface area contributed by atoms with E-state index in [-0.39, 0.29) is 37.5 Å².